The van der Waals surface area contributed by atoms with Crippen LogP contribution in [0.5, 0.6) is 0 Å². The van der Waals surface area contributed by atoms with Crippen LogP contribution >= 0.6 is 0 Å². The zero-order valence-electron chi connectivity index (χ0n) is 8.67. The highest BCUT2D eigenvalue weighted by molar-refractivity contribution is 6.07. The maximum atomic E-state index is 11.5. The van der Waals surface area contributed by atoms with Crippen LogP contribution in [-0.2, 0) is 11.8 Å². The van der Waals surface area contributed by atoms with Crippen molar-refractivity contribution >= 4 is 11.6 Å². The molecule has 0 aliphatic heterocycles. The first-order chi connectivity index (χ1) is 7.08. The topological polar surface area (TPSA) is 77.7 Å². The highest BCUT2D eigenvalue weighted by Gasteiger charge is 2.39. The summed E-state index contributed by atoms with van der Waals surface area (Å²) in [6.07, 6.45) is 0.806. The minimum Gasteiger partial charge on any atom is -0.299 e. The Morgan fingerprint density at radius 1 is 1.53 bits per heavy atom. The lowest BCUT2D eigenvalue weighted by atomic mass is 10.1. The van der Waals surface area contributed by atoms with E-state index in [1.807, 2.05) is 6.92 Å². The van der Waals surface area contributed by atoms with Gasteiger partial charge in [0.25, 0.3) is 0 Å². The lowest BCUT2D eigenvalue weighted by Crippen LogP contribution is -2.12. The van der Waals surface area contributed by atoms with Crippen LogP contribution in [0.4, 0.5) is 0 Å². The molecule has 0 saturated heterocycles. The van der Waals surface area contributed by atoms with E-state index in [0.717, 1.165) is 6.42 Å². The molecule has 0 amide bonds. The summed E-state index contributed by atoms with van der Waals surface area (Å²) in [5, 5.41) is 10.9. The van der Waals surface area contributed by atoms with Gasteiger partial charge >= 0.3 is 0 Å². The van der Waals surface area contributed by atoms with Crippen molar-refractivity contribution in [1.29, 1.82) is 0 Å². The van der Waals surface area contributed by atoms with Crippen LogP contribution in [0, 0.1) is 11.8 Å². The van der Waals surface area contributed by atoms with Gasteiger partial charge in [0.1, 0.15) is 5.78 Å². The number of hydrogen-bond acceptors (Lipinski definition) is 5. The predicted octanol–water partition coefficient (Wildman–Crippen LogP) is 0.00800. The average molecular weight is 208 g/mol. The Labute approximate surface area is 86.7 Å². The lowest BCUT2D eigenvalue weighted by molar-refractivity contribution is -0.119. The summed E-state index contributed by atoms with van der Waals surface area (Å²) in [5.41, 5.74) is 0. The van der Waals surface area contributed by atoms with E-state index < -0.39 is 0 Å². The van der Waals surface area contributed by atoms with Crippen LogP contribution in [-0.4, -0.2) is 31.8 Å². The Morgan fingerprint density at radius 3 is 2.67 bits per heavy atom. The maximum Gasteiger partial charge on any atom is 0.240 e. The van der Waals surface area contributed by atoms with Crippen molar-refractivity contribution < 1.29 is 9.59 Å². The standard InChI is InChI=1S/C9H12N4O2/c1-5-3-6(5)7(14)4-8(15)9-10-12-13(2)11-9/h5-6H,3-4H2,1-2H3. The van der Waals surface area contributed by atoms with E-state index in [0.29, 0.717) is 5.92 Å². The number of rotatable bonds is 4. The van der Waals surface area contributed by atoms with Gasteiger partial charge in [-0.1, -0.05) is 6.92 Å². The fourth-order valence-corrected chi connectivity index (χ4v) is 1.53. The van der Waals surface area contributed by atoms with Crippen molar-refractivity contribution in [1.82, 2.24) is 20.2 Å². The lowest BCUT2D eigenvalue weighted by Gasteiger charge is -1.94. The molecule has 1 aromatic rings. The van der Waals surface area contributed by atoms with Crippen molar-refractivity contribution in [2.24, 2.45) is 18.9 Å². The number of aromatic nitrogens is 4. The number of tetrazole rings is 1. The molecule has 0 radical (unpaired) electrons. The van der Waals surface area contributed by atoms with Crippen molar-refractivity contribution in [2.75, 3.05) is 0 Å². The number of carbonyl (C=O) groups excluding carboxylic acids is 2. The summed E-state index contributed by atoms with van der Waals surface area (Å²) in [4.78, 5) is 24.2. The number of nitrogens with zero attached hydrogens (tertiary/aromatic N) is 4. The molecule has 0 spiro atoms. The Morgan fingerprint density at radius 2 is 2.20 bits per heavy atom. The summed E-state index contributed by atoms with van der Waals surface area (Å²) in [5.74, 6) is 0.192. The van der Waals surface area contributed by atoms with Gasteiger partial charge < -0.3 is 0 Å². The molecule has 15 heavy (non-hydrogen) atoms. The molecule has 1 fully saturated rings. The Balaban J connectivity index is 1.95. The van der Waals surface area contributed by atoms with E-state index >= 15 is 0 Å². The van der Waals surface area contributed by atoms with Crippen LogP contribution in [0.2, 0.25) is 0 Å². The summed E-state index contributed by atoms with van der Waals surface area (Å²) in [7, 11) is 1.58. The highest BCUT2D eigenvalue weighted by Crippen LogP contribution is 2.39. The summed E-state index contributed by atoms with van der Waals surface area (Å²) in [6, 6.07) is 0. The van der Waals surface area contributed by atoms with Crippen LogP contribution in [0.3, 0.4) is 0 Å². The molecule has 0 N–H and O–H groups in total. The van der Waals surface area contributed by atoms with E-state index in [1.54, 1.807) is 7.05 Å². The number of ketones is 2. The van der Waals surface area contributed by atoms with E-state index in [1.165, 1.54) is 4.80 Å². The van der Waals surface area contributed by atoms with Crippen LogP contribution in [0.1, 0.15) is 30.4 Å². The molecule has 1 aliphatic carbocycles. The highest BCUT2D eigenvalue weighted by atomic mass is 16.2. The smallest absolute Gasteiger partial charge is 0.240 e. The van der Waals surface area contributed by atoms with E-state index in [2.05, 4.69) is 15.4 Å². The van der Waals surface area contributed by atoms with E-state index in [-0.39, 0.29) is 29.7 Å². The van der Waals surface area contributed by atoms with Gasteiger partial charge in [0.15, 0.2) is 0 Å². The molecule has 6 heteroatoms. The average Bonchev–Trinajstić information content (AvgIpc) is 2.73. The second-order valence-corrected chi connectivity index (χ2v) is 3.99. The van der Waals surface area contributed by atoms with Crippen molar-refractivity contribution in [3.05, 3.63) is 5.82 Å². The number of carbonyl (C=O) groups is 2. The normalized spacial score (nSPS) is 23.9. The van der Waals surface area contributed by atoms with Crippen LogP contribution in [0.15, 0.2) is 0 Å². The molecule has 6 nitrogen and oxygen atoms in total. The zero-order chi connectivity index (χ0) is 11.0. The molecule has 2 rings (SSSR count). The second kappa shape index (κ2) is 3.52. The second-order valence-electron chi connectivity index (χ2n) is 3.99. The summed E-state index contributed by atoms with van der Waals surface area (Å²) >= 11 is 0. The van der Waals surface area contributed by atoms with Gasteiger partial charge in [0, 0.05) is 5.92 Å². The monoisotopic (exact) mass is 208 g/mol. The molecular formula is C9H12N4O2. The molecule has 1 heterocycles. The molecule has 1 saturated carbocycles. The Bertz CT molecular complexity index is 412. The minimum absolute atomic E-state index is 0.0000435. The minimum atomic E-state index is -0.341. The molecule has 2 atom stereocenters. The van der Waals surface area contributed by atoms with Gasteiger partial charge in [0.2, 0.25) is 11.6 Å². The van der Waals surface area contributed by atoms with Gasteiger partial charge in [-0.25, -0.2) is 0 Å². The first-order valence-electron chi connectivity index (χ1n) is 4.88. The first kappa shape index (κ1) is 9.95. The molecular weight excluding hydrogens is 196 g/mol. The zero-order valence-corrected chi connectivity index (χ0v) is 8.67. The molecule has 0 aromatic carbocycles. The molecule has 2 unspecified atom stereocenters. The molecule has 80 valence electrons. The Hall–Kier alpha value is -1.59. The summed E-state index contributed by atoms with van der Waals surface area (Å²) in [6.45, 7) is 2.01. The third-order valence-electron chi connectivity index (χ3n) is 2.62. The quantitative estimate of drug-likeness (QED) is 0.514. The van der Waals surface area contributed by atoms with E-state index in [4.69, 9.17) is 0 Å². The van der Waals surface area contributed by atoms with Gasteiger partial charge in [-0.05, 0) is 17.6 Å². The first-order valence-corrected chi connectivity index (χ1v) is 4.88. The SMILES string of the molecule is CC1CC1C(=O)CC(=O)c1nnn(C)n1. The van der Waals surface area contributed by atoms with E-state index in [9.17, 15) is 9.59 Å². The van der Waals surface area contributed by atoms with Gasteiger partial charge in [-0.3, -0.25) is 9.59 Å². The summed E-state index contributed by atoms with van der Waals surface area (Å²) < 4.78 is 0. The number of Topliss-reactive ketones (excluding diaryl/α,β-unsaturated/α-hetero) is 2. The number of aryl methyl sites for hydroxylation is 1. The predicted molar refractivity (Wildman–Crippen MR) is 50.0 cm³/mol. The Kier molecular flexibility index (Phi) is 2.34. The van der Waals surface area contributed by atoms with Crippen molar-refractivity contribution in [2.45, 2.75) is 19.8 Å². The molecule has 1 aromatic heterocycles. The fourth-order valence-electron chi connectivity index (χ4n) is 1.53. The maximum absolute atomic E-state index is 11.5. The molecule has 0 bridgehead atoms. The van der Waals surface area contributed by atoms with Crippen molar-refractivity contribution in [3.8, 4) is 0 Å². The molecule has 1 aliphatic rings. The van der Waals surface area contributed by atoms with Crippen LogP contribution in [0.25, 0.3) is 0 Å². The number of hydrogen-bond donors (Lipinski definition) is 0. The fraction of sp³-hybridized carbons (Fsp3) is 0.667. The van der Waals surface area contributed by atoms with Crippen molar-refractivity contribution in [3.63, 3.8) is 0 Å². The van der Waals surface area contributed by atoms with Gasteiger partial charge in [-0.2, -0.15) is 4.80 Å². The van der Waals surface area contributed by atoms with Gasteiger partial charge in [0.05, 0.1) is 13.5 Å². The van der Waals surface area contributed by atoms with Gasteiger partial charge in [-0.15, -0.1) is 10.2 Å². The third-order valence-corrected chi connectivity index (χ3v) is 2.62. The van der Waals surface area contributed by atoms with Crippen LogP contribution < -0.4 is 0 Å². The largest absolute Gasteiger partial charge is 0.299 e. The third kappa shape index (κ3) is 2.08.